The lowest BCUT2D eigenvalue weighted by atomic mass is 9.67. The summed E-state index contributed by atoms with van der Waals surface area (Å²) < 4.78 is 27.5. The number of aryl methyl sites for hydroxylation is 1. The summed E-state index contributed by atoms with van der Waals surface area (Å²) in [6, 6.07) is 33.5. The minimum absolute atomic E-state index is 0.125. The van der Waals surface area contributed by atoms with Crippen LogP contribution in [0.5, 0.6) is 17.2 Å². The Labute approximate surface area is 280 Å². The summed E-state index contributed by atoms with van der Waals surface area (Å²) in [5.41, 5.74) is 7.32. The van der Waals surface area contributed by atoms with Crippen molar-refractivity contribution in [3.8, 4) is 28.4 Å². The van der Waals surface area contributed by atoms with Crippen molar-refractivity contribution in [2.75, 3.05) is 33.5 Å². The zero-order valence-electron chi connectivity index (χ0n) is 27.0. The summed E-state index contributed by atoms with van der Waals surface area (Å²) in [5.74, 6) is 1.17. The minimum Gasteiger partial charge on any atom is -0.497 e. The molecule has 0 heterocycles. The third-order valence-electron chi connectivity index (χ3n) is 8.58. The highest BCUT2D eigenvalue weighted by atomic mass is 16.6. The van der Waals surface area contributed by atoms with Gasteiger partial charge in [0.2, 0.25) is 0 Å². The van der Waals surface area contributed by atoms with Crippen LogP contribution in [0.2, 0.25) is 0 Å². The molecule has 5 aromatic rings. The first-order valence-corrected chi connectivity index (χ1v) is 15.7. The number of carbonyl (C=O) groups excluding carboxylic acids is 2. The molecule has 0 unspecified atom stereocenters. The van der Waals surface area contributed by atoms with Crippen molar-refractivity contribution < 1.29 is 33.3 Å². The van der Waals surface area contributed by atoms with Gasteiger partial charge < -0.3 is 23.7 Å². The largest absolute Gasteiger partial charge is 0.497 e. The summed E-state index contributed by atoms with van der Waals surface area (Å²) in [7, 11) is 1.68. The number of ether oxygens (including phenoxy) is 5. The fourth-order valence-corrected chi connectivity index (χ4v) is 6.49. The van der Waals surface area contributed by atoms with Crippen molar-refractivity contribution in [3.63, 3.8) is 0 Å². The summed E-state index contributed by atoms with van der Waals surface area (Å²) in [5, 5.41) is 2.24. The highest BCUT2D eigenvalue weighted by Gasteiger charge is 2.46. The molecule has 1 aliphatic carbocycles. The number of carbonyl (C=O) groups is 2. The van der Waals surface area contributed by atoms with E-state index in [0.29, 0.717) is 11.5 Å². The lowest BCUT2D eigenvalue weighted by Gasteiger charge is -2.34. The summed E-state index contributed by atoms with van der Waals surface area (Å²) >= 11 is 0. The van der Waals surface area contributed by atoms with Crippen LogP contribution in [0.3, 0.4) is 0 Å². The van der Waals surface area contributed by atoms with Crippen LogP contribution in [0.15, 0.2) is 122 Å². The van der Waals surface area contributed by atoms with Gasteiger partial charge in [0.15, 0.2) is 0 Å². The Kier molecular flexibility index (Phi) is 9.30. The van der Waals surface area contributed by atoms with Crippen molar-refractivity contribution in [1.82, 2.24) is 0 Å². The van der Waals surface area contributed by atoms with E-state index < -0.39 is 17.4 Å². The van der Waals surface area contributed by atoms with E-state index in [4.69, 9.17) is 23.7 Å². The summed E-state index contributed by atoms with van der Waals surface area (Å²) in [6.07, 6.45) is 2.26. The molecule has 5 aromatic carbocycles. The van der Waals surface area contributed by atoms with Crippen molar-refractivity contribution >= 4 is 22.7 Å². The second kappa shape index (κ2) is 13.9. The smallest absolute Gasteiger partial charge is 0.330 e. The maximum atomic E-state index is 11.4. The van der Waals surface area contributed by atoms with E-state index in [2.05, 4.69) is 86.8 Å². The molecule has 0 N–H and O–H groups in total. The molecule has 48 heavy (non-hydrogen) atoms. The summed E-state index contributed by atoms with van der Waals surface area (Å²) in [4.78, 5) is 22.8. The second-order valence-electron chi connectivity index (χ2n) is 11.4. The van der Waals surface area contributed by atoms with Crippen molar-refractivity contribution in [1.29, 1.82) is 0 Å². The normalized spacial score (nSPS) is 12.4. The maximum Gasteiger partial charge on any atom is 0.330 e. The van der Waals surface area contributed by atoms with Gasteiger partial charge in [0.25, 0.3) is 0 Å². The van der Waals surface area contributed by atoms with Gasteiger partial charge in [-0.25, -0.2) is 9.59 Å². The van der Waals surface area contributed by atoms with Crippen molar-refractivity contribution in [2.45, 2.75) is 12.3 Å². The Morgan fingerprint density at radius 2 is 1.19 bits per heavy atom. The van der Waals surface area contributed by atoms with Crippen LogP contribution in [-0.2, 0) is 24.5 Å². The van der Waals surface area contributed by atoms with E-state index in [1.165, 1.54) is 22.3 Å². The first-order valence-electron chi connectivity index (χ1n) is 15.7. The van der Waals surface area contributed by atoms with Gasteiger partial charge in [-0.15, -0.1) is 0 Å². The van der Waals surface area contributed by atoms with Gasteiger partial charge in [0.05, 0.1) is 12.5 Å². The Morgan fingerprint density at radius 3 is 1.73 bits per heavy atom. The predicted octanol–water partition coefficient (Wildman–Crippen LogP) is 7.74. The van der Waals surface area contributed by atoms with Crippen LogP contribution in [0, 0.1) is 6.92 Å². The van der Waals surface area contributed by atoms with Crippen molar-refractivity contribution in [2.24, 2.45) is 0 Å². The average molecular weight is 641 g/mol. The SMILES string of the molecule is C=CC(=O)OCCOc1ccc(C2(c3ccc(OCCOC(=O)C=C)cc3)c3ccc(C)cc3-c3c2ccc2cc(OC)ccc32)cc1. The molecule has 0 saturated heterocycles. The standard InChI is InChI=1S/C41H36O7/c1-5-38(42)47-23-21-45-31-13-9-29(10-14-31)41(30-11-15-32(16-12-30)46-22-24-48-39(43)6-2)36-19-7-27(3)25-35(36)40-34-18-17-33(44-4)26-28(34)8-20-37(40)41/h5-20,25-26H,1-2,21-24H2,3-4H3. The van der Waals surface area contributed by atoms with E-state index in [1.54, 1.807) is 7.11 Å². The molecule has 0 aromatic heterocycles. The molecule has 1 aliphatic rings. The fraction of sp³-hybridized carbons (Fsp3) is 0.171. The maximum absolute atomic E-state index is 11.4. The second-order valence-corrected chi connectivity index (χ2v) is 11.4. The molecular weight excluding hydrogens is 604 g/mol. The number of esters is 2. The lowest BCUT2D eigenvalue weighted by molar-refractivity contribution is -0.139. The van der Waals surface area contributed by atoms with E-state index in [-0.39, 0.29) is 26.4 Å². The number of methoxy groups -OCH3 is 1. The number of fused-ring (bicyclic) bond motifs is 5. The molecule has 0 fully saturated rings. The number of benzene rings is 5. The van der Waals surface area contributed by atoms with Crippen molar-refractivity contribution in [3.05, 3.63) is 150 Å². The van der Waals surface area contributed by atoms with E-state index >= 15 is 0 Å². The quantitative estimate of drug-likeness (QED) is 0.0726. The number of hydrogen-bond donors (Lipinski definition) is 0. The minimum atomic E-state index is -0.664. The highest BCUT2D eigenvalue weighted by Crippen LogP contribution is 2.58. The van der Waals surface area contributed by atoms with Crippen LogP contribution < -0.4 is 14.2 Å². The highest BCUT2D eigenvalue weighted by molar-refractivity contribution is 6.04. The molecule has 242 valence electrons. The molecule has 0 spiro atoms. The fourth-order valence-electron chi connectivity index (χ4n) is 6.49. The molecule has 0 radical (unpaired) electrons. The van der Waals surface area contributed by atoms with Gasteiger partial charge >= 0.3 is 11.9 Å². The van der Waals surface area contributed by atoms with Crippen LogP contribution in [0.25, 0.3) is 21.9 Å². The van der Waals surface area contributed by atoms with Crippen LogP contribution >= 0.6 is 0 Å². The molecule has 7 nitrogen and oxygen atoms in total. The zero-order chi connectivity index (χ0) is 33.7. The molecule has 0 amide bonds. The van der Waals surface area contributed by atoms with Gasteiger partial charge in [0, 0.05) is 12.2 Å². The van der Waals surface area contributed by atoms with Crippen LogP contribution in [0.4, 0.5) is 0 Å². The Hall–Kier alpha value is -5.82. The predicted molar refractivity (Wildman–Crippen MR) is 186 cm³/mol. The lowest BCUT2D eigenvalue weighted by Crippen LogP contribution is -2.28. The molecule has 0 bridgehead atoms. The van der Waals surface area contributed by atoms with Gasteiger partial charge in [-0.3, -0.25) is 0 Å². The first kappa shape index (κ1) is 32.1. The monoisotopic (exact) mass is 640 g/mol. The third kappa shape index (κ3) is 6.02. The molecule has 6 rings (SSSR count). The molecule has 0 atom stereocenters. The van der Waals surface area contributed by atoms with Gasteiger partial charge in [-0.05, 0) is 87.5 Å². The average Bonchev–Trinajstić information content (AvgIpc) is 3.42. The van der Waals surface area contributed by atoms with Gasteiger partial charge in [0.1, 0.15) is 43.7 Å². The van der Waals surface area contributed by atoms with Crippen LogP contribution in [0.1, 0.15) is 27.8 Å². The van der Waals surface area contributed by atoms with E-state index in [9.17, 15) is 9.59 Å². The number of hydrogen-bond acceptors (Lipinski definition) is 7. The van der Waals surface area contributed by atoms with Gasteiger partial charge in [-0.2, -0.15) is 0 Å². The van der Waals surface area contributed by atoms with E-state index in [1.807, 2.05) is 30.3 Å². The molecule has 0 saturated carbocycles. The number of rotatable bonds is 13. The molecular formula is C41H36O7. The summed E-state index contributed by atoms with van der Waals surface area (Å²) in [6.45, 7) is 9.65. The molecule has 7 heteroatoms. The topological polar surface area (TPSA) is 80.3 Å². The Balaban J connectivity index is 1.46. The van der Waals surface area contributed by atoms with Crippen LogP contribution in [-0.4, -0.2) is 45.5 Å². The van der Waals surface area contributed by atoms with Gasteiger partial charge in [-0.1, -0.05) is 79.4 Å². The third-order valence-corrected chi connectivity index (χ3v) is 8.58. The molecule has 0 aliphatic heterocycles. The Morgan fingerprint density at radius 1 is 0.646 bits per heavy atom. The zero-order valence-corrected chi connectivity index (χ0v) is 27.0. The Bertz CT molecular complexity index is 1920. The van der Waals surface area contributed by atoms with E-state index in [0.717, 1.165) is 45.4 Å². The first-order chi connectivity index (χ1) is 23.4.